The number of rotatable bonds is 6. The predicted molar refractivity (Wildman–Crippen MR) is 49.4 cm³/mol. The zero-order valence-corrected chi connectivity index (χ0v) is 8.50. The highest BCUT2D eigenvalue weighted by Crippen LogP contribution is 1.88. The van der Waals surface area contributed by atoms with Gasteiger partial charge < -0.3 is 9.64 Å². The number of hydrogen-bond donors (Lipinski definition) is 0. The van der Waals surface area contributed by atoms with Crippen LogP contribution in [0.3, 0.4) is 0 Å². The molecule has 0 saturated heterocycles. The molecule has 4 heteroatoms. The second-order valence-electron chi connectivity index (χ2n) is 2.72. The molecule has 0 aromatic rings. The maximum atomic E-state index is 10.7. The molecular weight excluding hydrogens is 170 g/mol. The number of carbonyl (C=O) groups is 2. The van der Waals surface area contributed by atoms with Gasteiger partial charge in [-0.2, -0.15) is 0 Å². The summed E-state index contributed by atoms with van der Waals surface area (Å²) >= 11 is 0. The number of Topliss-reactive ketones (excluding diaryl/α,β-unsaturated/α-hetero) is 1. The minimum Gasteiger partial charge on any atom is -0.459 e. The molecule has 0 atom stereocenters. The van der Waals surface area contributed by atoms with E-state index in [-0.39, 0.29) is 0 Å². The second-order valence-corrected chi connectivity index (χ2v) is 2.72. The van der Waals surface area contributed by atoms with Gasteiger partial charge >= 0.3 is 5.97 Å². The molecule has 0 unspecified atom stereocenters. The van der Waals surface area contributed by atoms with E-state index in [1.807, 2.05) is 13.8 Å². The second kappa shape index (κ2) is 6.60. The molecule has 0 fully saturated rings. The van der Waals surface area contributed by atoms with Gasteiger partial charge in [-0.3, -0.25) is 4.79 Å². The van der Waals surface area contributed by atoms with Crippen molar-refractivity contribution >= 4 is 11.8 Å². The van der Waals surface area contributed by atoms with Gasteiger partial charge in [-0.1, -0.05) is 13.8 Å². The van der Waals surface area contributed by atoms with Crippen molar-refractivity contribution in [3.8, 4) is 0 Å². The van der Waals surface area contributed by atoms with Crippen molar-refractivity contribution in [1.29, 1.82) is 0 Å². The minimum atomic E-state index is -0.743. The molecule has 13 heavy (non-hydrogen) atoms. The van der Waals surface area contributed by atoms with Crippen LogP contribution >= 0.6 is 0 Å². The first-order valence-electron chi connectivity index (χ1n) is 4.51. The Balaban J connectivity index is 3.54. The predicted octanol–water partition coefficient (Wildman–Crippen LogP) is 0.460. The number of carbonyl (C=O) groups excluding carboxylic acids is 2. The summed E-state index contributed by atoms with van der Waals surface area (Å²) in [5.74, 6) is -1.29. The van der Waals surface area contributed by atoms with Crippen LogP contribution in [0.5, 0.6) is 0 Å². The fourth-order valence-electron chi connectivity index (χ4n) is 0.909. The molecule has 0 spiro atoms. The Kier molecular flexibility index (Phi) is 6.14. The van der Waals surface area contributed by atoms with Crippen LogP contribution in [-0.4, -0.2) is 42.9 Å². The summed E-state index contributed by atoms with van der Waals surface area (Å²) < 4.78 is 4.71. The Bertz CT molecular complexity index is 176. The van der Waals surface area contributed by atoms with Gasteiger partial charge in [0.25, 0.3) is 0 Å². The summed E-state index contributed by atoms with van der Waals surface area (Å²) in [5, 5.41) is 0. The fraction of sp³-hybridized carbons (Fsp3) is 0.778. The largest absolute Gasteiger partial charge is 0.459 e. The van der Waals surface area contributed by atoms with Gasteiger partial charge in [0.05, 0.1) is 0 Å². The minimum absolute atomic E-state index is 0.292. The molecule has 0 aromatic heterocycles. The third-order valence-electron chi connectivity index (χ3n) is 1.82. The zero-order valence-electron chi connectivity index (χ0n) is 8.50. The highest BCUT2D eigenvalue weighted by atomic mass is 16.5. The van der Waals surface area contributed by atoms with E-state index in [0.717, 1.165) is 13.1 Å². The van der Waals surface area contributed by atoms with Crippen LogP contribution in [-0.2, 0) is 14.3 Å². The number of nitrogens with zero attached hydrogens (tertiary/aromatic N) is 1. The van der Waals surface area contributed by atoms with E-state index >= 15 is 0 Å². The topological polar surface area (TPSA) is 46.6 Å². The molecule has 4 nitrogen and oxygen atoms in total. The molecule has 0 heterocycles. The van der Waals surface area contributed by atoms with Gasteiger partial charge in [-0.25, -0.2) is 4.79 Å². The Hall–Kier alpha value is -0.900. The molecule has 0 aromatic carbocycles. The smallest absolute Gasteiger partial charge is 0.374 e. The molecule has 0 aliphatic carbocycles. The number of ketones is 1. The third-order valence-corrected chi connectivity index (χ3v) is 1.82. The molecule has 0 bridgehead atoms. The van der Waals surface area contributed by atoms with Gasteiger partial charge in [0, 0.05) is 13.5 Å². The lowest BCUT2D eigenvalue weighted by Gasteiger charge is -2.16. The van der Waals surface area contributed by atoms with Crippen molar-refractivity contribution in [3.63, 3.8) is 0 Å². The SMILES string of the molecule is CCN(CC)CCOC(=O)C(C)=O. The summed E-state index contributed by atoms with van der Waals surface area (Å²) in [6, 6.07) is 0. The van der Waals surface area contributed by atoms with Crippen LogP contribution < -0.4 is 0 Å². The van der Waals surface area contributed by atoms with E-state index in [9.17, 15) is 9.59 Å². The molecule has 0 saturated carbocycles. The average Bonchev–Trinajstić information content (AvgIpc) is 2.12. The number of ether oxygens (including phenoxy) is 1. The molecule has 0 aliphatic heterocycles. The van der Waals surface area contributed by atoms with Crippen LogP contribution in [0.15, 0.2) is 0 Å². The van der Waals surface area contributed by atoms with Crippen LogP contribution in [0.2, 0.25) is 0 Å². The van der Waals surface area contributed by atoms with Crippen LogP contribution in [0, 0.1) is 0 Å². The van der Waals surface area contributed by atoms with Crippen molar-refractivity contribution in [2.24, 2.45) is 0 Å². The zero-order chi connectivity index (χ0) is 10.3. The molecule has 0 amide bonds. The summed E-state index contributed by atoms with van der Waals surface area (Å²) in [5.41, 5.74) is 0. The van der Waals surface area contributed by atoms with Gasteiger partial charge in [-0.15, -0.1) is 0 Å². The first-order valence-corrected chi connectivity index (χ1v) is 4.51. The van der Waals surface area contributed by atoms with E-state index in [2.05, 4.69) is 4.90 Å². The lowest BCUT2D eigenvalue weighted by atomic mass is 10.4. The quantitative estimate of drug-likeness (QED) is 0.447. The first-order chi connectivity index (χ1) is 6.11. The summed E-state index contributed by atoms with van der Waals surface area (Å²) in [6.45, 7) is 8.11. The van der Waals surface area contributed by atoms with Crippen molar-refractivity contribution in [2.75, 3.05) is 26.2 Å². The van der Waals surface area contributed by atoms with Crippen LogP contribution in [0.4, 0.5) is 0 Å². The third kappa shape index (κ3) is 5.36. The number of hydrogen-bond acceptors (Lipinski definition) is 4. The molecule has 0 rings (SSSR count). The Morgan fingerprint density at radius 1 is 1.23 bits per heavy atom. The number of likely N-dealkylation sites (N-methyl/N-ethyl adjacent to an activating group) is 1. The lowest BCUT2D eigenvalue weighted by molar-refractivity contribution is -0.153. The van der Waals surface area contributed by atoms with Crippen molar-refractivity contribution < 1.29 is 14.3 Å². The molecule has 0 radical (unpaired) electrons. The van der Waals surface area contributed by atoms with Crippen molar-refractivity contribution in [2.45, 2.75) is 20.8 Å². The molecule has 76 valence electrons. The fourth-order valence-corrected chi connectivity index (χ4v) is 0.909. The summed E-state index contributed by atoms with van der Waals surface area (Å²) in [7, 11) is 0. The van der Waals surface area contributed by atoms with Gasteiger partial charge in [-0.05, 0) is 13.1 Å². The number of esters is 1. The maximum absolute atomic E-state index is 10.7. The van der Waals surface area contributed by atoms with Gasteiger partial charge in [0.1, 0.15) is 6.61 Å². The summed E-state index contributed by atoms with van der Waals surface area (Å²) in [6.07, 6.45) is 0. The first kappa shape index (κ1) is 12.1. The Labute approximate surface area is 78.9 Å². The van der Waals surface area contributed by atoms with E-state index in [1.54, 1.807) is 0 Å². The van der Waals surface area contributed by atoms with E-state index in [4.69, 9.17) is 4.74 Å². The highest BCUT2D eigenvalue weighted by Gasteiger charge is 2.08. The van der Waals surface area contributed by atoms with E-state index in [0.29, 0.717) is 13.2 Å². The maximum Gasteiger partial charge on any atom is 0.374 e. The monoisotopic (exact) mass is 187 g/mol. The van der Waals surface area contributed by atoms with E-state index in [1.165, 1.54) is 6.92 Å². The standard InChI is InChI=1S/C9H17NO3/c1-4-10(5-2)6-7-13-9(12)8(3)11/h4-7H2,1-3H3. The van der Waals surface area contributed by atoms with Crippen molar-refractivity contribution in [1.82, 2.24) is 4.90 Å². The molecule has 0 aliphatic rings. The molecule has 0 N–H and O–H groups in total. The highest BCUT2D eigenvalue weighted by molar-refractivity contribution is 6.32. The molecular formula is C9H17NO3. The summed E-state index contributed by atoms with van der Waals surface area (Å²) in [4.78, 5) is 23.3. The van der Waals surface area contributed by atoms with Crippen molar-refractivity contribution in [3.05, 3.63) is 0 Å². The Morgan fingerprint density at radius 3 is 2.15 bits per heavy atom. The van der Waals surface area contributed by atoms with Gasteiger partial charge in [0.15, 0.2) is 0 Å². The van der Waals surface area contributed by atoms with Crippen LogP contribution in [0.1, 0.15) is 20.8 Å². The van der Waals surface area contributed by atoms with Gasteiger partial charge in [0.2, 0.25) is 5.78 Å². The average molecular weight is 187 g/mol. The lowest BCUT2D eigenvalue weighted by Crippen LogP contribution is -2.28. The Morgan fingerprint density at radius 2 is 1.77 bits per heavy atom. The van der Waals surface area contributed by atoms with Crippen LogP contribution in [0.25, 0.3) is 0 Å². The van der Waals surface area contributed by atoms with E-state index < -0.39 is 11.8 Å². The normalized spacial score (nSPS) is 10.2.